The second kappa shape index (κ2) is 44.1. The van der Waals surface area contributed by atoms with Gasteiger partial charge in [-0.15, -0.1) is 0 Å². The first-order chi connectivity index (χ1) is 52.1. The zero-order valence-corrected chi connectivity index (χ0v) is 65.1. The molecule has 6 heterocycles. The zero-order valence-electron chi connectivity index (χ0n) is 65.1. The van der Waals surface area contributed by atoms with Gasteiger partial charge in [0.25, 0.3) is 0 Å². The third-order valence-corrected chi connectivity index (χ3v) is 21.9. The van der Waals surface area contributed by atoms with E-state index >= 15 is 4.79 Å². The largest absolute Gasteiger partial charge is 0.377 e. The number of nitrogens with zero attached hydrogens (tertiary/aromatic N) is 6. The molecule has 0 bridgehead atoms. The summed E-state index contributed by atoms with van der Waals surface area (Å²) in [4.78, 5) is 124. The number of likely N-dealkylation sites (tertiary alicyclic amines) is 6. The van der Waals surface area contributed by atoms with E-state index in [1.165, 1.54) is 5.56 Å². The first kappa shape index (κ1) is 85.0. The average Bonchev–Trinajstić information content (AvgIpc) is 1.67. The summed E-state index contributed by atoms with van der Waals surface area (Å²) in [6.07, 6.45) is 7.65. The lowest BCUT2D eigenvalue weighted by Crippen LogP contribution is -2.48. The lowest BCUT2D eigenvalue weighted by Gasteiger charge is -2.26. The number of carbonyl (C=O) groups is 8. The van der Waals surface area contributed by atoms with Gasteiger partial charge in [-0.25, -0.2) is 0 Å². The van der Waals surface area contributed by atoms with E-state index in [1.54, 1.807) is 0 Å². The second-order valence-corrected chi connectivity index (χ2v) is 32.0. The van der Waals surface area contributed by atoms with Crippen molar-refractivity contribution in [2.75, 3.05) is 144 Å². The van der Waals surface area contributed by atoms with Crippen molar-refractivity contribution in [3.8, 4) is 0 Å². The Balaban J connectivity index is 0.790. The van der Waals surface area contributed by atoms with Crippen LogP contribution in [0.25, 0.3) is 0 Å². The number of primary amides is 1. The molecule has 0 radical (unpaired) electrons. The van der Waals surface area contributed by atoms with Crippen LogP contribution in [0.1, 0.15) is 116 Å². The molecule has 0 spiro atoms. The molecule has 6 fully saturated rings. The summed E-state index contributed by atoms with van der Waals surface area (Å²) in [5.74, 6) is -0.224. The fourth-order valence-corrected chi connectivity index (χ4v) is 16.1. The third-order valence-electron chi connectivity index (χ3n) is 21.9. The SMILES string of the molecule is CC(C)CCN1C[C@@H](N)C[C@H]1C(=O)N[C@H]1C[C@@H](C(=O)N[C@H]2C[C@@H](C(=O)N[C@H]3C[C@@H](C(=O)N[C@H]4C[C@@H](C(=O)N[C@H]5C[C@@H](C(=O)NCCOCCOCC(=O)NCCOCCOCC(N)=O)N(CCc6ccccc6)C5)N(CCC(C)C)C4)N(CCc4ccccc4)C3)N(CCC(C)C)C2)N(CCc2ccccc2)C1. The quantitative estimate of drug-likeness (QED) is 0.0365. The predicted molar refractivity (Wildman–Crippen MR) is 415 cm³/mol. The Hall–Kier alpha value is -7.02. The van der Waals surface area contributed by atoms with Crippen molar-refractivity contribution in [3.63, 3.8) is 0 Å². The van der Waals surface area contributed by atoms with Gasteiger partial charge in [0.2, 0.25) is 47.3 Å². The van der Waals surface area contributed by atoms with Gasteiger partial charge in [0.1, 0.15) is 13.2 Å². The molecule has 0 saturated carbocycles. The number of ether oxygens (including phenoxy) is 4. The molecule has 9 rings (SSSR count). The molecule has 108 heavy (non-hydrogen) atoms. The van der Waals surface area contributed by atoms with E-state index in [4.69, 9.17) is 30.4 Å². The molecule has 6 saturated heterocycles. The van der Waals surface area contributed by atoms with Crippen LogP contribution in [0.2, 0.25) is 0 Å². The minimum Gasteiger partial charge on any atom is -0.377 e. The topological polar surface area (TPSA) is 329 Å². The molecule has 0 aromatic heterocycles. The molecule has 27 heteroatoms. The van der Waals surface area contributed by atoms with Gasteiger partial charge < -0.3 is 67.6 Å². The highest BCUT2D eigenvalue weighted by Crippen LogP contribution is 2.29. The predicted octanol–water partition coefficient (Wildman–Crippen LogP) is 1.83. The molecule has 11 N–H and O–H groups in total. The normalized spacial score (nSPS) is 25.1. The van der Waals surface area contributed by atoms with Gasteiger partial charge in [0, 0.05) is 108 Å². The van der Waals surface area contributed by atoms with Crippen LogP contribution in [0.3, 0.4) is 0 Å². The van der Waals surface area contributed by atoms with E-state index < -0.39 is 36.1 Å². The summed E-state index contributed by atoms with van der Waals surface area (Å²) in [6.45, 7) is 21.9. The van der Waals surface area contributed by atoms with Crippen molar-refractivity contribution in [2.45, 2.75) is 191 Å². The van der Waals surface area contributed by atoms with E-state index in [0.29, 0.717) is 135 Å². The Kier molecular flexibility index (Phi) is 34.7. The summed E-state index contributed by atoms with van der Waals surface area (Å²) in [6, 6.07) is 26.3. The molecule has 0 unspecified atom stereocenters. The van der Waals surface area contributed by atoms with Gasteiger partial charge in [-0.2, -0.15) is 0 Å². The number of hydrogen-bond acceptors (Lipinski definition) is 19. The van der Waals surface area contributed by atoms with Crippen molar-refractivity contribution < 1.29 is 57.3 Å². The Labute approximate surface area is 640 Å². The number of amides is 8. The number of hydrogen-bond donors (Lipinski definition) is 9. The highest BCUT2D eigenvalue weighted by atomic mass is 16.5. The molecule has 8 amide bonds. The van der Waals surface area contributed by atoms with Gasteiger partial charge in [0.15, 0.2) is 0 Å². The lowest BCUT2D eigenvalue weighted by atomic mass is 10.1. The third kappa shape index (κ3) is 27.8. The van der Waals surface area contributed by atoms with E-state index in [1.807, 2.05) is 54.6 Å². The van der Waals surface area contributed by atoms with Gasteiger partial charge in [-0.3, -0.25) is 67.8 Å². The molecule has 0 aliphatic carbocycles. The van der Waals surface area contributed by atoms with E-state index in [2.05, 4.69) is 145 Å². The molecule has 27 nitrogen and oxygen atoms in total. The maximum absolute atomic E-state index is 15.0. The first-order valence-corrected chi connectivity index (χ1v) is 40.1. The van der Waals surface area contributed by atoms with Crippen molar-refractivity contribution in [1.29, 1.82) is 0 Å². The van der Waals surface area contributed by atoms with E-state index in [-0.39, 0.29) is 150 Å². The van der Waals surface area contributed by atoms with Crippen LogP contribution >= 0.6 is 0 Å². The molecule has 6 aliphatic heterocycles. The average molecular weight is 1500 g/mol. The summed E-state index contributed by atoms with van der Waals surface area (Å²) >= 11 is 0. The smallest absolute Gasteiger partial charge is 0.246 e. The van der Waals surface area contributed by atoms with E-state index in [0.717, 1.165) is 49.8 Å². The van der Waals surface area contributed by atoms with Crippen LogP contribution in [-0.2, 0) is 76.6 Å². The summed E-state index contributed by atoms with van der Waals surface area (Å²) in [5.41, 5.74) is 15.0. The Morgan fingerprint density at radius 1 is 0.361 bits per heavy atom. The van der Waals surface area contributed by atoms with E-state index in [9.17, 15) is 33.6 Å². The molecular formula is C81H127N15O12. The van der Waals surface area contributed by atoms with Gasteiger partial charge >= 0.3 is 0 Å². The minimum atomic E-state index is -0.556. The fraction of sp³-hybridized carbons (Fsp3) is 0.679. The first-order valence-electron chi connectivity index (χ1n) is 40.1. The van der Waals surface area contributed by atoms with Crippen LogP contribution in [0.4, 0.5) is 0 Å². The van der Waals surface area contributed by atoms with Crippen molar-refractivity contribution in [1.82, 2.24) is 66.6 Å². The van der Waals surface area contributed by atoms with Crippen LogP contribution in [0.5, 0.6) is 0 Å². The molecular weight excluding hydrogens is 1370 g/mol. The van der Waals surface area contributed by atoms with Crippen molar-refractivity contribution >= 4 is 47.3 Å². The Bertz CT molecular complexity index is 3270. The standard InChI is InChI=1S/C81H127N15O12/c1-56(2)22-30-91-48-62(82)42-68(91)77(100)86-66-46-72(95(52-66)34-26-60-18-12-8-13-19-60)80(103)88-65-45-71(93(50-65)32-24-58(5)6)79(102)90-67-47-73(96(53-67)35-27-61-20-14-9-15-21-61)81(104)89-64-44-70(92(49-64)31-23-57(3)4)78(101)87-63-43-69(94(51-63)33-25-59-16-10-7-11-17-59)76(99)85-29-37-106-39-41-108-55-75(98)84-28-36-105-38-40-107-54-74(83)97/h7-21,56-58,62-73H,22-55,82H2,1-6H3,(H2,83,97)(H,84,98)(H,85,99)(H,86,100)(H,87,101)(H,88,103)(H,89,104)(H,90,102)/t62-,63-,64-,65-,66-,67-,68-,69-,70-,71-,72-,73-/m0/s1. The monoisotopic (exact) mass is 1500 g/mol. The van der Waals surface area contributed by atoms with Crippen molar-refractivity contribution in [3.05, 3.63) is 108 Å². The van der Waals surface area contributed by atoms with Crippen LogP contribution in [0.15, 0.2) is 91.0 Å². The number of carbonyl (C=O) groups excluding carboxylic acids is 8. The number of rotatable bonds is 45. The van der Waals surface area contributed by atoms with Crippen molar-refractivity contribution in [2.24, 2.45) is 29.2 Å². The lowest BCUT2D eigenvalue weighted by molar-refractivity contribution is -0.127. The molecule has 3 aromatic rings. The van der Waals surface area contributed by atoms with Gasteiger partial charge in [0.05, 0.1) is 75.9 Å². The Morgan fingerprint density at radius 2 is 0.648 bits per heavy atom. The maximum atomic E-state index is 15.0. The number of nitrogens with two attached hydrogens (primary N) is 2. The van der Waals surface area contributed by atoms with Crippen LogP contribution in [0, 0.1) is 17.8 Å². The summed E-state index contributed by atoms with van der Waals surface area (Å²) in [7, 11) is 0. The highest BCUT2D eigenvalue weighted by molar-refractivity contribution is 5.87. The molecule has 12 atom stereocenters. The summed E-state index contributed by atoms with van der Waals surface area (Å²) in [5, 5.41) is 22.8. The van der Waals surface area contributed by atoms with Crippen LogP contribution in [-0.4, -0.2) is 294 Å². The molecule has 598 valence electrons. The fourth-order valence-electron chi connectivity index (χ4n) is 16.1. The molecule has 6 aliphatic rings. The van der Waals surface area contributed by atoms with Gasteiger partial charge in [-0.1, -0.05) is 133 Å². The number of benzene rings is 3. The maximum Gasteiger partial charge on any atom is 0.246 e. The zero-order chi connectivity index (χ0) is 76.9. The Morgan fingerprint density at radius 3 is 0.981 bits per heavy atom. The summed E-state index contributed by atoms with van der Waals surface area (Å²) < 4.78 is 21.6. The minimum absolute atomic E-state index is 0.0226. The van der Waals surface area contributed by atoms with Crippen LogP contribution < -0.4 is 48.7 Å². The number of nitrogens with one attached hydrogen (secondary N) is 7. The second-order valence-electron chi connectivity index (χ2n) is 32.0. The highest BCUT2D eigenvalue weighted by Gasteiger charge is 2.47. The molecule has 3 aromatic carbocycles. The van der Waals surface area contributed by atoms with Gasteiger partial charge in [-0.05, 0) is 131 Å².